The zero-order valence-electron chi connectivity index (χ0n) is 15.6. The molecule has 0 unspecified atom stereocenters. The van der Waals surface area contributed by atoms with E-state index in [0.29, 0.717) is 12.2 Å². The van der Waals surface area contributed by atoms with Crippen LogP contribution in [-0.2, 0) is 16.0 Å². The average Bonchev–Trinajstić information content (AvgIpc) is 2.97. The molecule has 1 aliphatic carbocycles. The number of nitrogens with one attached hydrogen (secondary N) is 1. The second-order valence-corrected chi connectivity index (χ2v) is 6.89. The molecule has 27 heavy (non-hydrogen) atoms. The Bertz CT molecular complexity index is 799. The standard InChI is InChI=1S/C19H25N5O3/c1-3-23(12-19(26)27)16-9-14(10-16)20-18(25)11-17-13(2)24(22-21-17)15-7-5-4-6-8-15/h4-8,14,16H,3,9-12H2,1-2H3,(H,20,25)(H,26,27). The van der Waals surface area contributed by atoms with Crippen LogP contribution in [0.2, 0.25) is 0 Å². The zero-order valence-corrected chi connectivity index (χ0v) is 15.6. The van der Waals surface area contributed by atoms with E-state index in [0.717, 1.165) is 24.2 Å². The van der Waals surface area contributed by atoms with Gasteiger partial charge in [0, 0.05) is 12.1 Å². The highest BCUT2D eigenvalue weighted by atomic mass is 16.4. The number of hydrogen-bond donors (Lipinski definition) is 2. The largest absolute Gasteiger partial charge is 0.480 e. The van der Waals surface area contributed by atoms with Crippen molar-refractivity contribution in [3.8, 4) is 5.69 Å². The minimum absolute atomic E-state index is 0.0453. The first-order valence-electron chi connectivity index (χ1n) is 9.19. The van der Waals surface area contributed by atoms with Crippen LogP contribution in [0.25, 0.3) is 5.69 Å². The Labute approximate surface area is 158 Å². The molecule has 8 heteroatoms. The molecule has 0 aliphatic heterocycles. The minimum Gasteiger partial charge on any atom is -0.480 e. The number of nitrogens with zero attached hydrogens (tertiary/aromatic N) is 4. The molecule has 1 heterocycles. The molecule has 8 nitrogen and oxygen atoms in total. The molecule has 2 aromatic rings. The summed E-state index contributed by atoms with van der Waals surface area (Å²) >= 11 is 0. The van der Waals surface area contributed by atoms with Crippen LogP contribution < -0.4 is 5.32 Å². The lowest BCUT2D eigenvalue weighted by atomic mass is 9.85. The highest BCUT2D eigenvalue weighted by molar-refractivity contribution is 5.78. The molecule has 0 atom stereocenters. The van der Waals surface area contributed by atoms with Crippen molar-refractivity contribution in [2.45, 2.75) is 45.2 Å². The van der Waals surface area contributed by atoms with Crippen LogP contribution in [0.4, 0.5) is 0 Å². The predicted molar refractivity (Wildman–Crippen MR) is 99.6 cm³/mol. The minimum atomic E-state index is -0.818. The van der Waals surface area contributed by atoms with Gasteiger partial charge in [-0.2, -0.15) is 0 Å². The molecule has 3 rings (SSSR count). The number of benzene rings is 1. The molecular formula is C19H25N5O3. The molecule has 1 aliphatic rings. The number of likely N-dealkylation sites (N-methyl/N-ethyl adjacent to an activating group) is 1. The van der Waals surface area contributed by atoms with Gasteiger partial charge < -0.3 is 10.4 Å². The molecule has 0 spiro atoms. The molecule has 0 bridgehead atoms. The van der Waals surface area contributed by atoms with E-state index in [1.165, 1.54) is 0 Å². The fraction of sp³-hybridized carbons (Fsp3) is 0.474. The Morgan fingerprint density at radius 2 is 2.00 bits per heavy atom. The van der Waals surface area contributed by atoms with Gasteiger partial charge in [0.05, 0.1) is 30.0 Å². The third-order valence-corrected chi connectivity index (χ3v) is 5.06. The Balaban J connectivity index is 1.51. The van der Waals surface area contributed by atoms with E-state index in [4.69, 9.17) is 5.11 Å². The monoisotopic (exact) mass is 371 g/mol. The van der Waals surface area contributed by atoms with E-state index >= 15 is 0 Å². The van der Waals surface area contributed by atoms with Crippen molar-refractivity contribution in [1.82, 2.24) is 25.2 Å². The smallest absolute Gasteiger partial charge is 0.317 e. The second-order valence-electron chi connectivity index (χ2n) is 6.89. The summed E-state index contributed by atoms with van der Waals surface area (Å²) in [7, 11) is 0. The summed E-state index contributed by atoms with van der Waals surface area (Å²) in [5.41, 5.74) is 2.42. The van der Waals surface area contributed by atoms with Crippen LogP contribution in [-0.4, -0.2) is 62.0 Å². The molecule has 1 amide bonds. The van der Waals surface area contributed by atoms with Crippen molar-refractivity contribution in [2.75, 3.05) is 13.1 Å². The van der Waals surface area contributed by atoms with Gasteiger partial charge in [0.1, 0.15) is 0 Å². The van der Waals surface area contributed by atoms with E-state index in [1.54, 1.807) is 4.68 Å². The first kappa shape index (κ1) is 19.0. The molecule has 1 fully saturated rings. The summed E-state index contributed by atoms with van der Waals surface area (Å²) in [5, 5.41) is 20.3. The number of carbonyl (C=O) groups excluding carboxylic acids is 1. The summed E-state index contributed by atoms with van der Waals surface area (Å²) in [4.78, 5) is 25.2. The van der Waals surface area contributed by atoms with Gasteiger partial charge in [-0.15, -0.1) is 5.10 Å². The molecule has 1 aromatic heterocycles. The van der Waals surface area contributed by atoms with E-state index in [2.05, 4.69) is 15.6 Å². The predicted octanol–water partition coefficient (Wildman–Crippen LogP) is 1.17. The number of amides is 1. The van der Waals surface area contributed by atoms with Crippen molar-refractivity contribution in [1.29, 1.82) is 0 Å². The van der Waals surface area contributed by atoms with Gasteiger partial charge in [0.2, 0.25) is 5.91 Å². The van der Waals surface area contributed by atoms with Crippen LogP contribution in [0.5, 0.6) is 0 Å². The number of para-hydroxylation sites is 1. The Morgan fingerprint density at radius 3 is 2.63 bits per heavy atom. The number of hydrogen-bond acceptors (Lipinski definition) is 5. The first-order valence-corrected chi connectivity index (χ1v) is 9.19. The number of carboxylic acid groups (broad SMARTS) is 1. The van der Waals surface area contributed by atoms with E-state index < -0.39 is 5.97 Å². The molecule has 0 saturated heterocycles. The van der Waals surface area contributed by atoms with Gasteiger partial charge in [0.15, 0.2) is 0 Å². The third-order valence-electron chi connectivity index (χ3n) is 5.06. The Morgan fingerprint density at radius 1 is 1.30 bits per heavy atom. The fourth-order valence-electron chi connectivity index (χ4n) is 3.45. The first-order chi connectivity index (χ1) is 13.0. The highest BCUT2D eigenvalue weighted by Crippen LogP contribution is 2.25. The van der Waals surface area contributed by atoms with Crippen molar-refractivity contribution in [2.24, 2.45) is 0 Å². The molecular weight excluding hydrogens is 346 g/mol. The Hall–Kier alpha value is -2.74. The normalized spacial score (nSPS) is 18.9. The summed E-state index contributed by atoms with van der Waals surface area (Å²) < 4.78 is 1.73. The zero-order chi connectivity index (χ0) is 19.4. The summed E-state index contributed by atoms with van der Waals surface area (Å²) in [6, 6.07) is 9.99. The molecule has 0 radical (unpaired) electrons. The van der Waals surface area contributed by atoms with E-state index in [1.807, 2.05) is 49.1 Å². The number of aromatic nitrogens is 3. The van der Waals surface area contributed by atoms with Crippen LogP contribution in [0.3, 0.4) is 0 Å². The molecule has 1 saturated carbocycles. The third kappa shape index (κ3) is 4.51. The molecule has 2 N–H and O–H groups in total. The molecule has 144 valence electrons. The van der Waals surface area contributed by atoms with Crippen molar-refractivity contribution < 1.29 is 14.7 Å². The van der Waals surface area contributed by atoms with Gasteiger partial charge in [0.25, 0.3) is 0 Å². The number of carbonyl (C=O) groups is 2. The van der Waals surface area contributed by atoms with E-state index in [-0.39, 0.29) is 31.0 Å². The quantitative estimate of drug-likeness (QED) is 0.723. The summed E-state index contributed by atoms with van der Waals surface area (Å²) in [6.45, 7) is 4.59. The van der Waals surface area contributed by atoms with Crippen LogP contribution >= 0.6 is 0 Å². The van der Waals surface area contributed by atoms with Crippen molar-refractivity contribution in [3.05, 3.63) is 41.7 Å². The van der Waals surface area contributed by atoms with Crippen molar-refractivity contribution in [3.63, 3.8) is 0 Å². The van der Waals surface area contributed by atoms with Gasteiger partial charge >= 0.3 is 5.97 Å². The fourth-order valence-corrected chi connectivity index (χ4v) is 3.45. The lowest BCUT2D eigenvalue weighted by Gasteiger charge is -2.42. The molecule has 1 aromatic carbocycles. The van der Waals surface area contributed by atoms with Gasteiger partial charge in [-0.25, -0.2) is 4.68 Å². The highest BCUT2D eigenvalue weighted by Gasteiger charge is 2.34. The van der Waals surface area contributed by atoms with Gasteiger partial charge in [-0.05, 0) is 38.4 Å². The van der Waals surface area contributed by atoms with Crippen LogP contribution in [0.15, 0.2) is 30.3 Å². The summed E-state index contributed by atoms with van der Waals surface area (Å²) in [6.07, 6.45) is 1.75. The number of rotatable bonds is 8. The van der Waals surface area contributed by atoms with Crippen LogP contribution in [0.1, 0.15) is 31.2 Å². The number of aliphatic carboxylic acids is 1. The Kier molecular flexibility index (Phi) is 5.85. The van der Waals surface area contributed by atoms with Crippen molar-refractivity contribution >= 4 is 11.9 Å². The second kappa shape index (κ2) is 8.30. The lowest BCUT2D eigenvalue weighted by molar-refractivity contribution is -0.139. The maximum Gasteiger partial charge on any atom is 0.317 e. The average molecular weight is 371 g/mol. The maximum atomic E-state index is 12.3. The summed E-state index contributed by atoms with van der Waals surface area (Å²) in [5.74, 6) is -0.899. The maximum absolute atomic E-state index is 12.3. The van der Waals surface area contributed by atoms with Crippen LogP contribution in [0, 0.1) is 6.92 Å². The van der Waals surface area contributed by atoms with Gasteiger partial charge in [-0.3, -0.25) is 14.5 Å². The topological polar surface area (TPSA) is 100 Å². The lowest BCUT2D eigenvalue weighted by Crippen LogP contribution is -2.55. The SMILES string of the molecule is CCN(CC(=O)O)C1CC(NC(=O)Cc2nnn(-c3ccccc3)c2C)C1. The number of carboxylic acids is 1. The van der Waals surface area contributed by atoms with E-state index in [9.17, 15) is 9.59 Å². The van der Waals surface area contributed by atoms with Gasteiger partial charge in [-0.1, -0.05) is 30.3 Å².